The minimum atomic E-state index is 0.390. The van der Waals surface area contributed by atoms with Crippen molar-refractivity contribution in [2.45, 2.75) is 39.0 Å². The highest BCUT2D eigenvalue weighted by Gasteiger charge is 2.00. The Morgan fingerprint density at radius 3 is 2.64 bits per heavy atom. The summed E-state index contributed by atoms with van der Waals surface area (Å²) in [5, 5.41) is 0. The van der Waals surface area contributed by atoms with E-state index in [-0.39, 0.29) is 0 Å². The number of hydrogen-bond acceptors (Lipinski definition) is 2. The Balaban J connectivity index is 2.19. The number of nitrogens with zero attached hydrogens (tertiary/aromatic N) is 1. The molecule has 0 N–H and O–H groups in total. The molecule has 0 aromatic carbocycles. The molecule has 1 aromatic heterocycles. The molecule has 0 aliphatic rings. The summed E-state index contributed by atoms with van der Waals surface area (Å²) in [5.41, 5.74) is 1.27. The van der Waals surface area contributed by atoms with Crippen LogP contribution in [0.4, 0.5) is 0 Å². The van der Waals surface area contributed by atoms with Crippen LogP contribution >= 0.6 is 0 Å². The van der Waals surface area contributed by atoms with Gasteiger partial charge >= 0.3 is 0 Å². The molecule has 2 heteroatoms. The minimum absolute atomic E-state index is 0.390. The Labute approximate surface area is 85.4 Å². The molecule has 1 rings (SSSR count). The van der Waals surface area contributed by atoms with Gasteiger partial charge < -0.3 is 0 Å². The van der Waals surface area contributed by atoms with Crippen LogP contribution < -0.4 is 0 Å². The molecule has 0 aliphatic heterocycles. The van der Waals surface area contributed by atoms with Gasteiger partial charge in [0.15, 0.2) is 0 Å². The summed E-state index contributed by atoms with van der Waals surface area (Å²) in [7, 11) is 0. The number of carbonyl (C=O) groups is 1. The van der Waals surface area contributed by atoms with Gasteiger partial charge in [-0.05, 0) is 37.0 Å². The molecule has 14 heavy (non-hydrogen) atoms. The topological polar surface area (TPSA) is 30.0 Å². The number of aromatic nitrogens is 1. The van der Waals surface area contributed by atoms with E-state index in [4.69, 9.17) is 0 Å². The third-order valence-corrected chi connectivity index (χ3v) is 2.20. The summed E-state index contributed by atoms with van der Waals surface area (Å²) in [6, 6.07) is 4.01. The van der Waals surface area contributed by atoms with Gasteiger partial charge in [-0.25, -0.2) is 0 Å². The molecule has 0 spiro atoms. The van der Waals surface area contributed by atoms with Gasteiger partial charge in [0.25, 0.3) is 0 Å². The third kappa shape index (κ3) is 4.17. The second kappa shape index (κ2) is 6.30. The second-order valence-corrected chi connectivity index (χ2v) is 3.50. The fraction of sp³-hybridized carbons (Fsp3) is 0.500. The van der Waals surface area contributed by atoms with Gasteiger partial charge in [0.2, 0.25) is 0 Å². The first-order chi connectivity index (χ1) is 6.83. The Morgan fingerprint density at radius 2 is 2.00 bits per heavy atom. The number of Topliss-reactive ketones (excluding diaryl/α,β-unsaturated/α-hetero) is 1. The number of rotatable bonds is 6. The second-order valence-electron chi connectivity index (χ2n) is 3.50. The molecule has 0 fully saturated rings. The Kier molecular flexibility index (Phi) is 4.90. The molecule has 0 atom stereocenters. The lowest BCUT2D eigenvalue weighted by molar-refractivity contribution is -0.119. The van der Waals surface area contributed by atoms with Gasteiger partial charge in [0.1, 0.15) is 5.78 Å². The van der Waals surface area contributed by atoms with Gasteiger partial charge in [-0.3, -0.25) is 9.78 Å². The van der Waals surface area contributed by atoms with Crippen LogP contribution in [-0.4, -0.2) is 10.8 Å². The fourth-order valence-electron chi connectivity index (χ4n) is 1.44. The highest BCUT2D eigenvalue weighted by atomic mass is 16.1. The smallest absolute Gasteiger partial charge is 0.132 e. The van der Waals surface area contributed by atoms with Crippen LogP contribution in [0.15, 0.2) is 24.5 Å². The zero-order valence-electron chi connectivity index (χ0n) is 8.70. The first-order valence-electron chi connectivity index (χ1n) is 5.23. The summed E-state index contributed by atoms with van der Waals surface area (Å²) in [6.45, 7) is 2.04. The number of carbonyl (C=O) groups excluding carboxylic acids is 1. The zero-order chi connectivity index (χ0) is 10.2. The van der Waals surface area contributed by atoms with E-state index in [0.717, 1.165) is 32.1 Å². The molecular weight excluding hydrogens is 174 g/mol. The van der Waals surface area contributed by atoms with Crippen LogP contribution in [-0.2, 0) is 11.2 Å². The molecule has 0 saturated heterocycles. The largest absolute Gasteiger partial charge is 0.300 e. The van der Waals surface area contributed by atoms with Crippen molar-refractivity contribution in [2.75, 3.05) is 0 Å². The van der Waals surface area contributed by atoms with Crippen molar-refractivity contribution in [3.63, 3.8) is 0 Å². The summed E-state index contributed by atoms with van der Waals surface area (Å²) >= 11 is 0. The maximum atomic E-state index is 11.2. The fourth-order valence-corrected chi connectivity index (χ4v) is 1.44. The predicted molar refractivity (Wildman–Crippen MR) is 57.1 cm³/mol. The van der Waals surface area contributed by atoms with Crippen LogP contribution in [0.1, 0.15) is 38.2 Å². The quantitative estimate of drug-likeness (QED) is 0.692. The monoisotopic (exact) mass is 191 g/mol. The van der Waals surface area contributed by atoms with E-state index >= 15 is 0 Å². The molecule has 2 nitrogen and oxygen atoms in total. The van der Waals surface area contributed by atoms with E-state index in [9.17, 15) is 4.79 Å². The third-order valence-electron chi connectivity index (χ3n) is 2.20. The van der Waals surface area contributed by atoms with E-state index in [1.807, 2.05) is 19.1 Å². The van der Waals surface area contributed by atoms with Crippen molar-refractivity contribution >= 4 is 5.78 Å². The van der Waals surface area contributed by atoms with Crippen LogP contribution in [0.3, 0.4) is 0 Å². The molecule has 0 unspecified atom stereocenters. The van der Waals surface area contributed by atoms with E-state index in [1.165, 1.54) is 5.56 Å². The van der Waals surface area contributed by atoms with Crippen LogP contribution in [0.5, 0.6) is 0 Å². The first kappa shape index (κ1) is 10.9. The molecule has 1 aromatic rings. The van der Waals surface area contributed by atoms with Crippen LogP contribution in [0.2, 0.25) is 0 Å². The van der Waals surface area contributed by atoms with Crippen LogP contribution in [0.25, 0.3) is 0 Å². The van der Waals surface area contributed by atoms with Gasteiger partial charge in [-0.1, -0.05) is 6.92 Å². The Bertz CT molecular complexity index is 269. The zero-order valence-corrected chi connectivity index (χ0v) is 8.70. The Hall–Kier alpha value is -1.18. The Morgan fingerprint density at radius 1 is 1.29 bits per heavy atom. The van der Waals surface area contributed by atoms with E-state index in [0.29, 0.717) is 5.78 Å². The average molecular weight is 191 g/mol. The standard InChI is InChI=1S/C12H17NO/c1-2-4-12(14)6-3-5-11-7-9-13-10-8-11/h7-10H,2-6H2,1H3. The molecule has 1 heterocycles. The molecular formula is C12H17NO. The van der Waals surface area contributed by atoms with Gasteiger partial charge in [-0.2, -0.15) is 0 Å². The highest BCUT2D eigenvalue weighted by molar-refractivity contribution is 5.78. The highest BCUT2D eigenvalue weighted by Crippen LogP contribution is 2.05. The minimum Gasteiger partial charge on any atom is -0.300 e. The van der Waals surface area contributed by atoms with Gasteiger partial charge in [0.05, 0.1) is 0 Å². The summed E-state index contributed by atoms with van der Waals surface area (Å²) in [5.74, 6) is 0.390. The van der Waals surface area contributed by atoms with Crippen molar-refractivity contribution < 1.29 is 4.79 Å². The molecule has 0 aliphatic carbocycles. The lowest BCUT2D eigenvalue weighted by Crippen LogP contribution is -1.97. The number of aryl methyl sites for hydroxylation is 1. The van der Waals surface area contributed by atoms with E-state index in [2.05, 4.69) is 4.98 Å². The maximum absolute atomic E-state index is 11.2. The van der Waals surface area contributed by atoms with Gasteiger partial charge in [0, 0.05) is 25.2 Å². The van der Waals surface area contributed by atoms with Crippen molar-refractivity contribution in [3.8, 4) is 0 Å². The molecule has 0 saturated carbocycles. The SMILES string of the molecule is CCCC(=O)CCCc1ccncc1. The lowest BCUT2D eigenvalue weighted by Gasteiger charge is -2.00. The molecule has 0 radical (unpaired) electrons. The summed E-state index contributed by atoms with van der Waals surface area (Å²) in [4.78, 5) is 15.2. The average Bonchev–Trinajstić information content (AvgIpc) is 2.20. The molecule has 0 bridgehead atoms. The summed E-state index contributed by atoms with van der Waals surface area (Å²) in [6.07, 6.45) is 7.95. The number of ketones is 1. The molecule has 76 valence electrons. The first-order valence-corrected chi connectivity index (χ1v) is 5.23. The van der Waals surface area contributed by atoms with Crippen molar-refractivity contribution in [1.29, 1.82) is 0 Å². The maximum Gasteiger partial charge on any atom is 0.132 e. The van der Waals surface area contributed by atoms with Crippen molar-refractivity contribution in [2.24, 2.45) is 0 Å². The lowest BCUT2D eigenvalue weighted by atomic mass is 10.1. The number of hydrogen-bond donors (Lipinski definition) is 0. The van der Waals surface area contributed by atoms with Gasteiger partial charge in [-0.15, -0.1) is 0 Å². The number of pyridine rings is 1. The predicted octanol–water partition coefficient (Wildman–Crippen LogP) is 2.77. The van der Waals surface area contributed by atoms with Crippen molar-refractivity contribution in [1.82, 2.24) is 4.98 Å². The van der Waals surface area contributed by atoms with Crippen LogP contribution in [0, 0.1) is 0 Å². The van der Waals surface area contributed by atoms with E-state index < -0.39 is 0 Å². The van der Waals surface area contributed by atoms with Crippen molar-refractivity contribution in [3.05, 3.63) is 30.1 Å². The summed E-state index contributed by atoms with van der Waals surface area (Å²) < 4.78 is 0. The molecule has 0 amide bonds. The normalized spacial score (nSPS) is 10.1. The van der Waals surface area contributed by atoms with E-state index in [1.54, 1.807) is 12.4 Å².